The second-order valence-electron chi connectivity index (χ2n) is 6.69. The molecule has 0 radical (unpaired) electrons. The van der Waals surface area contributed by atoms with E-state index in [1.165, 1.54) is 11.3 Å². The molecule has 130 valence electrons. The molecule has 0 atom stereocenters. The molecule has 1 aromatic carbocycles. The Morgan fingerprint density at radius 2 is 1.80 bits per heavy atom. The molecule has 0 N–H and O–H groups in total. The average molecular weight is 337 g/mol. The number of carbonyl (C=O) groups excluding carboxylic acids is 1. The number of para-hydroxylation sites is 1. The number of hydrogen-bond acceptors (Lipinski definition) is 5. The van der Waals surface area contributed by atoms with Crippen molar-refractivity contribution in [1.82, 2.24) is 14.9 Å². The van der Waals surface area contributed by atoms with Crippen LogP contribution in [0.4, 0.5) is 17.5 Å². The minimum absolute atomic E-state index is 0.138. The summed E-state index contributed by atoms with van der Waals surface area (Å²) in [7, 11) is 0. The Morgan fingerprint density at radius 1 is 1.04 bits per heavy atom. The number of benzene rings is 1. The molecule has 0 bridgehead atoms. The zero-order chi connectivity index (χ0) is 17.4. The van der Waals surface area contributed by atoms with Gasteiger partial charge in [-0.25, -0.2) is 4.98 Å². The number of aryl methyl sites for hydroxylation is 1. The normalized spacial score (nSPS) is 17.0. The van der Waals surface area contributed by atoms with Gasteiger partial charge in [-0.2, -0.15) is 4.98 Å². The number of fused-ring (bicyclic) bond motifs is 1. The molecule has 1 aromatic heterocycles. The van der Waals surface area contributed by atoms with Crippen molar-refractivity contribution in [2.45, 2.75) is 20.3 Å². The molecule has 1 amide bonds. The van der Waals surface area contributed by atoms with Crippen LogP contribution in [0.2, 0.25) is 0 Å². The third-order valence-corrected chi connectivity index (χ3v) is 5.00. The highest BCUT2D eigenvalue weighted by atomic mass is 16.2. The van der Waals surface area contributed by atoms with Gasteiger partial charge in [0.15, 0.2) is 0 Å². The van der Waals surface area contributed by atoms with Crippen LogP contribution in [0.25, 0.3) is 0 Å². The van der Waals surface area contributed by atoms with Crippen molar-refractivity contribution in [3.63, 3.8) is 0 Å². The van der Waals surface area contributed by atoms with Crippen molar-refractivity contribution < 1.29 is 4.79 Å². The number of carbonyl (C=O) groups is 1. The summed E-state index contributed by atoms with van der Waals surface area (Å²) in [5.41, 5.74) is 3.58. The molecule has 2 aliphatic rings. The maximum atomic E-state index is 11.5. The predicted octanol–water partition coefficient (Wildman–Crippen LogP) is 2.15. The number of piperazine rings is 1. The summed E-state index contributed by atoms with van der Waals surface area (Å²) in [6, 6.07) is 10.6. The lowest BCUT2D eigenvalue weighted by molar-refractivity contribution is -0.129. The van der Waals surface area contributed by atoms with Crippen LogP contribution in [0.1, 0.15) is 18.2 Å². The van der Waals surface area contributed by atoms with Gasteiger partial charge >= 0.3 is 0 Å². The van der Waals surface area contributed by atoms with E-state index in [1.54, 1.807) is 6.92 Å². The third kappa shape index (κ3) is 3.04. The van der Waals surface area contributed by atoms with Crippen LogP contribution >= 0.6 is 0 Å². The minimum atomic E-state index is 0.138. The Hall–Kier alpha value is -2.63. The molecule has 6 nitrogen and oxygen atoms in total. The number of rotatable bonds is 2. The highest BCUT2D eigenvalue weighted by Gasteiger charge is 2.24. The van der Waals surface area contributed by atoms with E-state index in [-0.39, 0.29) is 5.91 Å². The molecule has 0 saturated carbocycles. The van der Waals surface area contributed by atoms with Gasteiger partial charge in [-0.05, 0) is 25.0 Å². The van der Waals surface area contributed by atoms with E-state index in [2.05, 4.69) is 45.1 Å². The summed E-state index contributed by atoms with van der Waals surface area (Å²) in [4.78, 5) is 27.3. The van der Waals surface area contributed by atoms with Crippen LogP contribution in [-0.4, -0.2) is 53.5 Å². The number of aromatic nitrogens is 2. The molecule has 2 aromatic rings. The first-order valence-corrected chi connectivity index (χ1v) is 8.83. The van der Waals surface area contributed by atoms with E-state index in [9.17, 15) is 4.79 Å². The maximum absolute atomic E-state index is 11.5. The molecule has 2 aliphatic heterocycles. The van der Waals surface area contributed by atoms with E-state index >= 15 is 0 Å². The summed E-state index contributed by atoms with van der Waals surface area (Å²) in [6.45, 7) is 7.61. The molecular weight excluding hydrogens is 314 g/mol. The van der Waals surface area contributed by atoms with Crippen LogP contribution in [0, 0.1) is 6.92 Å². The van der Waals surface area contributed by atoms with Gasteiger partial charge < -0.3 is 14.7 Å². The summed E-state index contributed by atoms with van der Waals surface area (Å²) >= 11 is 0. The molecule has 0 spiro atoms. The molecular formula is C19H23N5O. The van der Waals surface area contributed by atoms with Crippen molar-refractivity contribution in [3.05, 3.63) is 41.6 Å². The zero-order valence-corrected chi connectivity index (χ0v) is 14.8. The third-order valence-electron chi connectivity index (χ3n) is 5.00. The van der Waals surface area contributed by atoms with Gasteiger partial charge in [0.25, 0.3) is 0 Å². The highest BCUT2D eigenvalue weighted by molar-refractivity contribution is 5.73. The van der Waals surface area contributed by atoms with Crippen LogP contribution in [-0.2, 0) is 11.2 Å². The minimum Gasteiger partial charge on any atom is -0.339 e. The molecule has 3 heterocycles. The fraction of sp³-hybridized carbons (Fsp3) is 0.421. The first-order valence-electron chi connectivity index (χ1n) is 8.83. The maximum Gasteiger partial charge on any atom is 0.227 e. The Labute approximate surface area is 148 Å². The number of amides is 1. The van der Waals surface area contributed by atoms with Gasteiger partial charge in [-0.1, -0.05) is 18.2 Å². The van der Waals surface area contributed by atoms with E-state index in [4.69, 9.17) is 4.98 Å². The molecule has 1 fully saturated rings. The predicted molar refractivity (Wildman–Crippen MR) is 98.4 cm³/mol. The summed E-state index contributed by atoms with van der Waals surface area (Å²) in [5.74, 6) is 1.86. The molecule has 6 heteroatoms. The van der Waals surface area contributed by atoms with Crippen molar-refractivity contribution in [2.75, 3.05) is 42.5 Å². The smallest absolute Gasteiger partial charge is 0.227 e. The molecule has 0 aliphatic carbocycles. The lowest BCUT2D eigenvalue weighted by Crippen LogP contribution is -2.48. The number of nitrogens with zero attached hydrogens (tertiary/aromatic N) is 5. The summed E-state index contributed by atoms with van der Waals surface area (Å²) < 4.78 is 0. The SMILES string of the molecule is CC(=O)N1CCN(c2nc(C)cc(N3CCc4ccccc43)n2)CC1. The van der Waals surface area contributed by atoms with Gasteiger partial charge in [-0.15, -0.1) is 0 Å². The van der Waals surface area contributed by atoms with Gasteiger partial charge in [0.1, 0.15) is 5.82 Å². The fourth-order valence-corrected chi connectivity index (χ4v) is 3.61. The topological polar surface area (TPSA) is 52.6 Å². The molecule has 4 rings (SSSR count). The zero-order valence-electron chi connectivity index (χ0n) is 14.8. The largest absolute Gasteiger partial charge is 0.339 e. The molecule has 1 saturated heterocycles. The second-order valence-corrected chi connectivity index (χ2v) is 6.69. The van der Waals surface area contributed by atoms with Gasteiger partial charge in [0, 0.05) is 57.1 Å². The van der Waals surface area contributed by atoms with Crippen molar-refractivity contribution >= 4 is 23.4 Å². The Morgan fingerprint density at radius 3 is 2.56 bits per heavy atom. The first kappa shape index (κ1) is 15.9. The summed E-state index contributed by atoms with van der Waals surface area (Å²) in [6.07, 6.45) is 1.05. The van der Waals surface area contributed by atoms with Gasteiger partial charge in [0.05, 0.1) is 0 Å². The Balaban J connectivity index is 1.59. The highest BCUT2D eigenvalue weighted by Crippen LogP contribution is 2.34. The molecule has 25 heavy (non-hydrogen) atoms. The average Bonchev–Trinajstić information content (AvgIpc) is 3.05. The number of hydrogen-bond donors (Lipinski definition) is 0. The van der Waals surface area contributed by atoms with Crippen molar-refractivity contribution in [2.24, 2.45) is 0 Å². The standard InChI is InChI=1S/C19H23N5O/c1-14-13-18(24-8-7-16-5-3-4-6-17(16)24)21-19(20-14)23-11-9-22(10-12-23)15(2)25/h3-6,13H,7-12H2,1-2H3. The van der Waals surface area contributed by atoms with Gasteiger partial charge in [-0.3, -0.25) is 4.79 Å². The van der Waals surface area contributed by atoms with E-state index < -0.39 is 0 Å². The van der Waals surface area contributed by atoms with Crippen LogP contribution < -0.4 is 9.80 Å². The lowest BCUT2D eigenvalue weighted by atomic mass is 10.2. The fourth-order valence-electron chi connectivity index (χ4n) is 3.61. The van der Waals surface area contributed by atoms with Gasteiger partial charge in [0.2, 0.25) is 11.9 Å². The van der Waals surface area contributed by atoms with Crippen LogP contribution in [0.3, 0.4) is 0 Å². The quantitative estimate of drug-likeness (QED) is 0.840. The Kier molecular flexibility index (Phi) is 4.03. The van der Waals surface area contributed by atoms with E-state index in [1.807, 2.05) is 11.8 Å². The van der Waals surface area contributed by atoms with Crippen molar-refractivity contribution in [3.8, 4) is 0 Å². The van der Waals surface area contributed by atoms with Crippen LogP contribution in [0.15, 0.2) is 30.3 Å². The monoisotopic (exact) mass is 337 g/mol. The Bertz CT molecular complexity index is 798. The van der Waals surface area contributed by atoms with Crippen LogP contribution in [0.5, 0.6) is 0 Å². The first-order chi connectivity index (χ1) is 12.1. The second kappa shape index (κ2) is 6.35. The van der Waals surface area contributed by atoms with Crippen molar-refractivity contribution in [1.29, 1.82) is 0 Å². The number of anilines is 3. The lowest BCUT2D eigenvalue weighted by Gasteiger charge is -2.34. The van der Waals surface area contributed by atoms with E-state index in [0.717, 1.165) is 56.6 Å². The molecule has 0 unspecified atom stereocenters. The van der Waals surface area contributed by atoms with E-state index in [0.29, 0.717) is 0 Å². The summed E-state index contributed by atoms with van der Waals surface area (Å²) in [5, 5.41) is 0.